The summed E-state index contributed by atoms with van der Waals surface area (Å²) in [6.07, 6.45) is 0. The van der Waals surface area contributed by atoms with Gasteiger partial charge in [0.05, 0.1) is 28.1 Å². The molecule has 0 aliphatic rings. The van der Waals surface area contributed by atoms with E-state index >= 15 is 0 Å². The van der Waals surface area contributed by atoms with Crippen molar-refractivity contribution < 1.29 is 0 Å². The van der Waals surface area contributed by atoms with Crippen LogP contribution in [0.3, 0.4) is 0 Å². The van der Waals surface area contributed by atoms with Gasteiger partial charge in [0.1, 0.15) is 0 Å². The minimum Gasteiger partial charge on any atom is -0.308 e. The first-order valence-electron chi connectivity index (χ1n) is 16.6. The lowest BCUT2D eigenvalue weighted by atomic mass is 9.91. The van der Waals surface area contributed by atoms with Crippen molar-refractivity contribution in [1.82, 2.24) is 14.5 Å². The maximum atomic E-state index is 5.24. The van der Waals surface area contributed by atoms with E-state index in [1.807, 2.05) is 24.3 Å². The van der Waals surface area contributed by atoms with Crippen molar-refractivity contribution in [2.45, 2.75) is 0 Å². The minimum absolute atomic E-state index is 0.700. The third-order valence-electron chi connectivity index (χ3n) is 9.21. The molecular formula is C46H31N3. The second kappa shape index (κ2) is 12.2. The van der Waals surface area contributed by atoms with Gasteiger partial charge < -0.3 is 4.57 Å². The van der Waals surface area contributed by atoms with Crippen molar-refractivity contribution in [2.75, 3.05) is 0 Å². The second-order valence-corrected chi connectivity index (χ2v) is 12.2. The van der Waals surface area contributed by atoms with Gasteiger partial charge in [-0.2, -0.15) is 0 Å². The number of benzene rings is 7. The summed E-state index contributed by atoms with van der Waals surface area (Å²) in [6, 6.07) is 66.2. The van der Waals surface area contributed by atoms with E-state index in [9.17, 15) is 0 Å². The molecule has 3 nitrogen and oxygen atoms in total. The molecule has 0 atom stereocenters. The Hall–Kier alpha value is -6.58. The summed E-state index contributed by atoms with van der Waals surface area (Å²) in [6.45, 7) is 0. The topological polar surface area (TPSA) is 30.7 Å². The summed E-state index contributed by atoms with van der Waals surface area (Å²) < 4.78 is 2.45. The van der Waals surface area contributed by atoms with E-state index in [0.717, 1.165) is 56.0 Å². The molecule has 0 fully saturated rings. The summed E-state index contributed by atoms with van der Waals surface area (Å²) in [4.78, 5) is 10.3. The fourth-order valence-corrected chi connectivity index (χ4v) is 6.93. The van der Waals surface area contributed by atoms with Gasteiger partial charge in [0.25, 0.3) is 0 Å². The van der Waals surface area contributed by atoms with Crippen molar-refractivity contribution in [3.63, 3.8) is 0 Å². The molecular weight excluding hydrogens is 595 g/mol. The molecule has 7 aromatic carbocycles. The van der Waals surface area contributed by atoms with E-state index in [0.29, 0.717) is 5.82 Å². The zero-order valence-electron chi connectivity index (χ0n) is 26.7. The third kappa shape index (κ3) is 5.18. The number of hydrogen-bond acceptors (Lipinski definition) is 2. The number of rotatable bonds is 6. The number of para-hydroxylation sites is 2. The lowest BCUT2D eigenvalue weighted by molar-refractivity contribution is 1.17. The van der Waals surface area contributed by atoms with Crippen molar-refractivity contribution in [3.05, 3.63) is 188 Å². The van der Waals surface area contributed by atoms with Gasteiger partial charge in [-0.3, -0.25) is 0 Å². The van der Waals surface area contributed by atoms with Gasteiger partial charge in [-0.15, -0.1) is 0 Å². The van der Waals surface area contributed by atoms with Gasteiger partial charge in [0, 0.05) is 38.6 Å². The maximum absolute atomic E-state index is 5.24. The van der Waals surface area contributed by atoms with E-state index < -0.39 is 0 Å². The normalized spacial score (nSPS) is 11.3. The average molecular weight is 626 g/mol. The minimum atomic E-state index is 0.700. The molecule has 2 heterocycles. The van der Waals surface area contributed by atoms with Crippen LogP contribution in [0.25, 0.3) is 83.6 Å². The lowest BCUT2D eigenvalue weighted by Crippen LogP contribution is -2.02. The van der Waals surface area contributed by atoms with E-state index in [-0.39, 0.29) is 0 Å². The van der Waals surface area contributed by atoms with E-state index in [2.05, 4.69) is 168 Å². The molecule has 9 aromatic rings. The smallest absolute Gasteiger partial charge is 0.160 e. The third-order valence-corrected chi connectivity index (χ3v) is 9.21. The molecule has 9 rings (SSSR count). The molecule has 230 valence electrons. The van der Waals surface area contributed by atoms with Crippen LogP contribution >= 0.6 is 0 Å². The Morgan fingerprint density at radius 3 is 1.20 bits per heavy atom. The second-order valence-electron chi connectivity index (χ2n) is 12.2. The van der Waals surface area contributed by atoms with Crippen LogP contribution in [0, 0.1) is 0 Å². The molecule has 0 saturated heterocycles. The predicted octanol–water partition coefficient (Wildman–Crippen LogP) is 11.9. The summed E-state index contributed by atoms with van der Waals surface area (Å²) in [5.41, 5.74) is 12.8. The van der Waals surface area contributed by atoms with E-state index in [1.54, 1.807) is 0 Å². The first-order valence-corrected chi connectivity index (χ1v) is 16.6. The Balaban J connectivity index is 1.40. The molecule has 0 bridgehead atoms. The van der Waals surface area contributed by atoms with Gasteiger partial charge in [0.15, 0.2) is 5.82 Å². The first-order chi connectivity index (χ1) is 24.3. The Morgan fingerprint density at radius 1 is 0.327 bits per heavy atom. The molecule has 49 heavy (non-hydrogen) atoms. The van der Waals surface area contributed by atoms with E-state index in [4.69, 9.17) is 9.97 Å². The predicted molar refractivity (Wildman–Crippen MR) is 204 cm³/mol. The van der Waals surface area contributed by atoms with Gasteiger partial charge >= 0.3 is 0 Å². The first kappa shape index (κ1) is 28.6. The monoisotopic (exact) mass is 625 g/mol. The zero-order chi connectivity index (χ0) is 32.6. The molecule has 0 aliphatic heterocycles. The maximum Gasteiger partial charge on any atom is 0.160 e. The van der Waals surface area contributed by atoms with Crippen LogP contribution in [0.15, 0.2) is 188 Å². The molecule has 0 aliphatic carbocycles. The van der Waals surface area contributed by atoms with Crippen LogP contribution in [0.2, 0.25) is 0 Å². The number of hydrogen-bond donors (Lipinski definition) is 0. The quantitative estimate of drug-likeness (QED) is 0.184. The molecule has 0 spiro atoms. The van der Waals surface area contributed by atoms with Gasteiger partial charge in [-0.05, 0) is 41.5 Å². The molecule has 0 saturated carbocycles. The standard InChI is InChI=1S/C46H31N3/c1-5-17-32(18-6-1)39-29-36(42-31-41(34-21-9-3-10-22-34)47-46(48-42)35-23-11-4-12-24-35)30-40(33-19-7-2-8-20-33)45(39)49-43-27-15-13-25-37(43)38-26-14-16-28-44(38)49/h1-31H. The van der Waals surface area contributed by atoms with Gasteiger partial charge in [0.2, 0.25) is 0 Å². The molecule has 2 aromatic heterocycles. The zero-order valence-corrected chi connectivity index (χ0v) is 26.7. The molecule has 0 amide bonds. The van der Waals surface area contributed by atoms with Crippen LogP contribution in [-0.2, 0) is 0 Å². The highest BCUT2D eigenvalue weighted by atomic mass is 15.0. The van der Waals surface area contributed by atoms with Crippen LogP contribution in [-0.4, -0.2) is 14.5 Å². The van der Waals surface area contributed by atoms with Crippen molar-refractivity contribution >= 4 is 21.8 Å². The Kier molecular flexibility index (Phi) is 7.14. The fourth-order valence-electron chi connectivity index (χ4n) is 6.93. The molecule has 0 N–H and O–H groups in total. The summed E-state index contributed by atoms with van der Waals surface area (Å²) in [5, 5.41) is 2.46. The van der Waals surface area contributed by atoms with Crippen LogP contribution in [0.5, 0.6) is 0 Å². The largest absolute Gasteiger partial charge is 0.308 e. The van der Waals surface area contributed by atoms with Gasteiger partial charge in [-0.25, -0.2) is 9.97 Å². The van der Waals surface area contributed by atoms with Gasteiger partial charge in [-0.1, -0.05) is 158 Å². The average Bonchev–Trinajstić information content (AvgIpc) is 3.52. The SMILES string of the molecule is c1ccc(-c2cc(-c3cc(-c4ccccc4)c(-n4c5ccccc5c5ccccc54)c(-c4ccccc4)c3)nc(-c3ccccc3)n2)cc1. The molecule has 0 unspecified atom stereocenters. The van der Waals surface area contributed by atoms with Crippen LogP contribution < -0.4 is 0 Å². The highest BCUT2D eigenvalue weighted by Gasteiger charge is 2.22. The summed E-state index contributed by atoms with van der Waals surface area (Å²) in [7, 11) is 0. The molecule has 3 heteroatoms. The number of aromatic nitrogens is 3. The Labute approximate surface area is 285 Å². The van der Waals surface area contributed by atoms with E-state index in [1.165, 1.54) is 21.8 Å². The van der Waals surface area contributed by atoms with Crippen molar-refractivity contribution in [2.24, 2.45) is 0 Å². The number of fused-ring (bicyclic) bond motifs is 3. The summed E-state index contributed by atoms with van der Waals surface area (Å²) in [5.74, 6) is 0.700. The Bertz CT molecular complexity index is 2400. The summed E-state index contributed by atoms with van der Waals surface area (Å²) >= 11 is 0. The fraction of sp³-hybridized carbons (Fsp3) is 0. The van der Waals surface area contributed by atoms with Crippen molar-refractivity contribution in [3.8, 4) is 61.8 Å². The highest BCUT2D eigenvalue weighted by molar-refractivity contribution is 6.10. The van der Waals surface area contributed by atoms with Crippen LogP contribution in [0.1, 0.15) is 0 Å². The lowest BCUT2D eigenvalue weighted by Gasteiger charge is -2.21. The molecule has 0 radical (unpaired) electrons. The van der Waals surface area contributed by atoms with Crippen molar-refractivity contribution in [1.29, 1.82) is 0 Å². The number of nitrogens with zero attached hydrogens (tertiary/aromatic N) is 3. The highest BCUT2D eigenvalue weighted by Crippen LogP contribution is 2.44. The Morgan fingerprint density at radius 2 is 0.714 bits per heavy atom. The van der Waals surface area contributed by atoms with Crippen LogP contribution in [0.4, 0.5) is 0 Å².